The van der Waals surface area contributed by atoms with Gasteiger partial charge in [0.25, 0.3) is 10.0 Å². The van der Waals surface area contributed by atoms with Gasteiger partial charge in [0.15, 0.2) is 0 Å². The van der Waals surface area contributed by atoms with Crippen molar-refractivity contribution in [3.05, 3.63) is 76.0 Å². The fourth-order valence-electron chi connectivity index (χ4n) is 4.92. The fraction of sp³-hybridized carbons (Fsp3) is 0.318. The molecule has 180 valence electrons. The van der Waals surface area contributed by atoms with Crippen molar-refractivity contribution in [1.82, 2.24) is 13.5 Å². The van der Waals surface area contributed by atoms with Gasteiger partial charge in [0.1, 0.15) is 0 Å². The summed E-state index contributed by atoms with van der Waals surface area (Å²) in [4.78, 5) is 0.149. The predicted octanol–water partition coefficient (Wildman–Crippen LogP) is 3.49. The minimum atomic E-state index is -4.00. The monoisotopic (exact) mass is 541 g/mol. The zero-order valence-corrected chi connectivity index (χ0v) is 20.9. The Morgan fingerprint density at radius 3 is 2.00 bits per heavy atom. The highest BCUT2D eigenvalue weighted by Gasteiger charge is 2.49. The van der Waals surface area contributed by atoms with Gasteiger partial charge in [0.05, 0.1) is 27.7 Å². The van der Waals surface area contributed by atoms with E-state index < -0.39 is 32.1 Å². The Morgan fingerprint density at radius 1 is 0.882 bits per heavy atom. The summed E-state index contributed by atoms with van der Waals surface area (Å²) in [5.41, 5.74) is 0.994. The third kappa shape index (κ3) is 3.86. The number of aliphatic hydroxyl groups is 1. The Kier molecular flexibility index (Phi) is 6.02. The normalized spacial score (nSPS) is 23.0. The summed E-state index contributed by atoms with van der Waals surface area (Å²) >= 11 is 11.8. The molecule has 1 fully saturated rings. The third-order valence-electron chi connectivity index (χ3n) is 6.47. The number of nitrogens with zero attached hydrogens (tertiary/aromatic N) is 3. The van der Waals surface area contributed by atoms with E-state index in [0.717, 1.165) is 4.09 Å². The van der Waals surface area contributed by atoms with Gasteiger partial charge in [-0.15, -0.1) is 0 Å². The number of hydrogen-bond acceptors (Lipinski definition) is 6. The molecule has 3 heterocycles. The second-order valence-corrected chi connectivity index (χ2v) is 13.0. The summed E-state index contributed by atoms with van der Waals surface area (Å²) < 4.78 is 56.4. The lowest BCUT2D eigenvalue weighted by Gasteiger charge is -2.47. The molecule has 8 nitrogen and oxygen atoms in total. The lowest BCUT2D eigenvalue weighted by atomic mass is 9.80. The number of sulfonamides is 1. The van der Waals surface area contributed by atoms with Crippen LogP contribution >= 0.6 is 23.2 Å². The molecule has 34 heavy (non-hydrogen) atoms. The van der Waals surface area contributed by atoms with Gasteiger partial charge in [0.2, 0.25) is 10.0 Å². The molecule has 0 aliphatic carbocycles. The highest BCUT2D eigenvalue weighted by atomic mass is 35.5. The van der Waals surface area contributed by atoms with Crippen LogP contribution in [0.4, 0.5) is 0 Å². The van der Waals surface area contributed by atoms with Gasteiger partial charge < -0.3 is 5.11 Å². The quantitative estimate of drug-likeness (QED) is 0.529. The van der Waals surface area contributed by atoms with E-state index in [1.54, 1.807) is 0 Å². The first-order valence-electron chi connectivity index (χ1n) is 10.6. The Bertz CT molecular complexity index is 1440. The van der Waals surface area contributed by atoms with E-state index in [9.17, 15) is 21.9 Å². The molecule has 3 aromatic rings. The van der Waals surface area contributed by atoms with Crippen molar-refractivity contribution in [2.24, 2.45) is 5.92 Å². The Hall–Kier alpha value is -1.95. The molecule has 3 unspecified atom stereocenters. The molecule has 0 amide bonds. The summed E-state index contributed by atoms with van der Waals surface area (Å²) in [5.74, 6) is -0.101. The number of piperidine rings is 1. The standard InChI is InChI=1S/C22H21Cl2N3O5S2/c23-15-1-5-18(6-2-15)33(29,30)26-17-9-14(13-28)10-21(26)20-12-25-27(22(20)11-17)34(31,32)19-7-3-16(24)4-8-19/h1-8,12,14,17,21,28H,9-11,13H2. The summed E-state index contributed by atoms with van der Waals surface area (Å²) in [6.45, 7) is -0.0750. The number of hydrogen-bond donors (Lipinski definition) is 1. The molecule has 5 rings (SSSR count). The molecule has 2 aromatic carbocycles. The molecule has 1 N–H and O–H groups in total. The summed E-state index contributed by atoms with van der Waals surface area (Å²) in [6.07, 6.45) is 2.35. The van der Waals surface area contributed by atoms with E-state index in [4.69, 9.17) is 23.2 Å². The van der Waals surface area contributed by atoms with Gasteiger partial charge >= 0.3 is 0 Å². The van der Waals surface area contributed by atoms with E-state index >= 15 is 0 Å². The van der Waals surface area contributed by atoms with Gasteiger partial charge in [0, 0.05) is 34.7 Å². The minimum absolute atomic E-state index is 0.0393. The van der Waals surface area contributed by atoms with Crippen LogP contribution < -0.4 is 0 Å². The summed E-state index contributed by atoms with van der Waals surface area (Å²) in [6, 6.07) is 10.6. The van der Waals surface area contributed by atoms with Crippen LogP contribution in [0.25, 0.3) is 0 Å². The van der Waals surface area contributed by atoms with Crippen LogP contribution in [0.15, 0.2) is 64.5 Å². The number of aliphatic hydroxyl groups excluding tert-OH is 1. The average Bonchev–Trinajstić information content (AvgIpc) is 3.23. The SMILES string of the molecule is O=S(=O)(c1ccc(Cl)cc1)N1C2Cc3c(cnn3S(=O)(=O)c3ccc(Cl)cc3)C1CC(CO)C2. The van der Waals surface area contributed by atoms with E-state index in [-0.39, 0.29) is 28.7 Å². The molecule has 0 saturated carbocycles. The predicted molar refractivity (Wildman–Crippen MR) is 127 cm³/mol. The number of fused-ring (bicyclic) bond motifs is 4. The van der Waals surface area contributed by atoms with Crippen molar-refractivity contribution in [2.45, 2.75) is 41.1 Å². The fourth-order valence-corrected chi connectivity index (χ4v) is 8.30. The number of benzene rings is 2. The minimum Gasteiger partial charge on any atom is -0.396 e. The Labute approximate surface area is 207 Å². The largest absolute Gasteiger partial charge is 0.396 e. The smallest absolute Gasteiger partial charge is 0.283 e. The second-order valence-electron chi connectivity index (χ2n) is 8.53. The molecule has 1 aromatic heterocycles. The van der Waals surface area contributed by atoms with Crippen LogP contribution in [0.3, 0.4) is 0 Å². The van der Waals surface area contributed by atoms with E-state index in [0.29, 0.717) is 34.1 Å². The highest BCUT2D eigenvalue weighted by molar-refractivity contribution is 7.90. The van der Waals surface area contributed by atoms with Crippen LogP contribution in [0.2, 0.25) is 10.0 Å². The van der Waals surface area contributed by atoms with Gasteiger partial charge in [-0.1, -0.05) is 23.2 Å². The van der Waals surface area contributed by atoms with E-state index in [1.165, 1.54) is 59.0 Å². The zero-order chi connectivity index (χ0) is 24.3. The van der Waals surface area contributed by atoms with Gasteiger partial charge in [-0.3, -0.25) is 0 Å². The molecule has 2 aliphatic rings. The molecule has 12 heteroatoms. The van der Waals surface area contributed by atoms with Crippen molar-refractivity contribution < 1.29 is 21.9 Å². The molecule has 2 bridgehead atoms. The first kappa shape index (κ1) is 23.8. The number of halogens is 2. The number of aromatic nitrogens is 2. The molecule has 2 aliphatic heterocycles. The van der Waals surface area contributed by atoms with Crippen molar-refractivity contribution in [3.63, 3.8) is 0 Å². The van der Waals surface area contributed by atoms with Crippen LogP contribution in [-0.4, -0.2) is 48.1 Å². The molecule has 3 atom stereocenters. The molecule has 1 saturated heterocycles. The lowest BCUT2D eigenvalue weighted by molar-refractivity contribution is 0.0811. The summed E-state index contributed by atoms with van der Waals surface area (Å²) in [5, 5.41) is 14.8. The maximum absolute atomic E-state index is 13.6. The second kappa shape index (κ2) is 8.61. The Morgan fingerprint density at radius 2 is 1.44 bits per heavy atom. The molecular weight excluding hydrogens is 521 g/mol. The molecular formula is C22H21Cl2N3O5S2. The van der Waals surface area contributed by atoms with Crippen LogP contribution in [0, 0.1) is 5.92 Å². The van der Waals surface area contributed by atoms with Crippen molar-refractivity contribution in [2.75, 3.05) is 6.61 Å². The lowest BCUT2D eigenvalue weighted by Crippen LogP contribution is -2.52. The van der Waals surface area contributed by atoms with Gasteiger partial charge in [-0.25, -0.2) is 8.42 Å². The van der Waals surface area contributed by atoms with Crippen LogP contribution in [0.5, 0.6) is 0 Å². The van der Waals surface area contributed by atoms with Crippen LogP contribution in [0.1, 0.15) is 30.1 Å². The van der Waals surface area contributed by atoms with Crippen molar-refractivity contribution in [1.29, 1.82) is 0 Å². The van der Waals surface area contributed by atoms with Crippen molar-refractivity contribution in [3.8, 4) is 0 Å². The van der Waals surface area contributed by atoms with E-state index in [1.807, 2.05) is 0 Å². The first-order valence-corrected chi connectivity index (χ1v) is 14.2. The van der Waals surface area contributed by atoms with Crippen LogP contribution in [-0.2, 0) is 26.5 Å². The molecule has 0 spiro atoms. The maximum atomic E-state index is 13.6. The Balaban J connectivity index is 1.60. The van der Waals surface area contributed by atoms with Crippen molar-refractivity contribution >= 4 is 43.2 Å². The third-order valence-corrected chi connectivity index (χ3v) is 10.6. The van der Waals surface area contributed by atoms with Gasteiger partial charge in [-0.2, -0.15) is 21.9 Å². The maximum Gasteiger partial charge on any atom is 0.283 e. The zero-order valence-electron chi connectivity index (χ0n) is 17.8. The average molecular weight is 542 g/mol. The first-order chi connectivity index (χ1) is 16.1. The molecule has 0 radical (unpaired) electrons. The van der Waals surface area contributed by atoms with E-state index in [2.05, 4.69) is 5.10 Å². The number of rotatable bonds is 5. The highest BCUT2D eigenvalue weighted by Crippen LogP contribution is 2.47. The van der Waals surface area contributed by atoms with Gasteiger partial charge in [-0.05, 0) is 67.3 Å². The topological polar surface area (TPSA) is 110 Å². The summed E-state index contributed by atoms with van der Waals surface area (Å²) in [7, 11) is -7.90.